The zero-order valence-electron chi connectivity index (χ0n) is 9.77. The summed E-state index contributed by atoms with van der Waals surface area (Å²) in [4.78, 5) is 25.0. The molecule has 0 aliphatic carbocycles. The first kappa shape index (κ1) is 11.6. The zero-order chi connectivity index (χ0) is 12.4. The van der Waals surface area contributed by atoms with Crippen LogP contribution in [-0.2, 0) is 4.79 Å². The lowest BCUT2D eigenvalue weighted by molar-refractivity contribution is -0.120. The first-order valence-electron chi connectivity index (χ1n) is 5.68. The number of likely N-dealkylation sites (tertiary alicyclic amines) is 1. The van der Waals surface area contributed by atoms with Gasteiger partial charge in [-0.15, -0.1) is 0 Å². The number of carbonyl (C=O) groups is 2. The number of hydrogen-bond donors (Lipinski definition) is 1. The van der Waals surface area contributed by atoms with Crippen molar-refractivity contribution in [1.29, 1.82) is 0 Å². The standard InChI is InChI=1S/C13H15NO3/c1-9-8-11(16)2-3-12(9)13(17)14-6-4-10(15)5-7-14/h2-3,8,16H,4-7H2,1H3. The van der Waals surface area contributed by atoms with Gasteiger partial charge in [-0.3, -0.25) is 9.59 Å². The van der Waals surface area contributed by atoms with Crippen molar-refractivity contribution in [1.82, 2.24) is 4.90 Å². The monoisotopic (exact) mass is 233 g/mol. The van der Waals surface area contributed by atoms with Crippen molar-refractivity contribution in [3.8, 4) is 5.75 Å². The van der Waals surface area contributed by atoms with E-state index in [1.54, 1.807) is 24.0 Å². The van der Waals surface area contributed by atoms with Gasteiger partial charge in [0.25, 0.3) is 5.91 Å². The van der Waals surface area contributed by atoms with Crippen LogP contribution in [0.25, 0.3) is 0 Å². The average Bonchev–Trinajstić information content (AvgIpc) is 2.29. The molecule has 0 spiro atoms. The molecule has 4 heteroatoms. The van der Waals surface area contributed by atoms with Crippen molar-refractivity contribution in [3.05, 3.63) is 29.3 Å². The number of amides is 1. The van der Waals surface area contributed by atoms with E-state index < -0.39 is 0 Å². The fraction of sp³-hybridized carbons (Fsp3) is 0.385. The second kappa shape index (κ2) is 4.57. The molecule has 0 bridgehead atoms. The number of hydrogen-bond acceptors (Lipinski definition) is 3. The molecule has 1 fully saturated rings. The van der Waals surface area contributed by atoms with Crippen LogP contribution in [0.5, 0.6) is 5.75 Å². The molecule has 0 unspecified atom stereocenters. The molecule has 1 aliphatic heterocycles. The van der Waals surface area contributed by atoms with Crippen molar-refractivity contribution in [2.24, 2.45) is 0 Å². The van der Waals surface area contributed by atoms with Crippen LogP contribution >= 0.6 is 0 Å². The number of Topliss-reactive ketones (excluding diaryl/α,β-unsaturated/α-hetero) is 1. The van der Waals surface area contributed by atoms with E-state index in [9.17, 15) is 14.7 Å². The van der Waals surface area contributed by atoms with E-state index in [-0.39, 0.29) is 17.4 Å². The SMILES string of the molecule is Cc1cc(O)ccc1C(=O)N1CCC(=O)CC1. The number of phenolic OH excluding ortho intramolecular Hbond substituents is 1. The summed E-state index contributed by atoms with van der Waals surface area (Å²) < 4.78 is 0. The Labute approximate surface area is 99.9 Å². The minimum absolute atomic E-state index is 0.0602. The van der Waals surface area contributed by atoms with Crippen LogP contribution in [0, 0.1) is 6.92 Å². The molecule has 1 saturated heterocycles. The predicted molar refractivity (Wildman–Crippen MR) is 63.0 cm³/mol. The van der Waals surface area contributed by atoms with Crippen LogP contribution in [0.15, 0.2) is 18.2 Å². The molecule has 1 amide bonds. The Balaban J connectivity index is 2.16. The van der Waals surface area contributed by atoms with Gasteiger partial charge in [-0.2, -0.15) is 0 Å². The molecule has 1 heterocycles. The van der Waals surface area contributed by atoms with Crippen molar-refractivity contribution >= 4 is 11.7 Å². The van der Waals surface area contributed by atoms with E-state index in [1.807, 2.05) is 0 Å². The predicted octanol–water partition coefficient (Wildman–Crippen LogP) is 1.51. The Kier molecular flexibility index (Phi) is 3.13. The minimum Gasteiger partial charge on any atom is -0.508 e. The van der Waals surface area contributed by atoms with Crippen LogP contribution in [0.2, 0.25) is 0 Å². The molecule has 1 aromatic carbocycles. The van der Waals surface area contributed by atoms with Crippen molar-refractivity contribution < 1.29 is 14.7 Å². The quantitative estimate of drug-likeness (QED) is 0.799. The third-order valence-corrected chi connectivity index (χ3v) is 3.05. The second-order valence-electron chi connectivity index (χ2n) is 4.33. The highest BCUT2D eigenvalue weighted by Gasteiger charge is 2.22. The lowest BCUT2D eigenvalue weighted by Crippen LogP contribution is -2.38. The lowest BCUT2D eigenvalue weighted by Gasteiger charge is -2.26. The van der Waals surface area contributed by atoms with Crippen molar-refractivity contribution in [2.45, 2.75) is 19.8 Å². The Morgan fingerprint density at radius 1 is 1.29 bits per heavy atom. The molecule has 17 heavy (non-hydrogen) atoms. The highest BCUT2D eigenvalue weighted by atomic mass is 16.3. The highest BCUT2D eigenvalue weighted by Crippen LogP contribution is 2.18. The Morgan fingerprint density at radius 2 is 1.94 bits per heavy atom. The van der Waals surface area contributed by atoms with E-state index in [1.165, 1.54) is 6.07 Å². The Bertz CT molecular complexity index is 458. The summed E-state index contributed by atoms with van der Waals surface area (Å²) in [5, 5.41) is 9.29. The normalized spacial score (nSPS) is 16.1. The molecular formula is C13H15NO3. The van der Waals surface area contributed by atoms with Gasteiger partial charge in [0.05, 0.1) is 0 Å². The van der Waals surface area contributed by atoms with E-state index in [0.29, 0.717) is 31.5 Å². The number of ketones is 1. The summed E-state index contributed by atoms with van der Waals surface area (Å²) in [6.07, 6.45) is 0.895. The molecule has 0 atom stereocenters. The summed E-state index contributed by atoms with van der Waals surface area (Å²) in [5.74, 6) is 0.319. The van der Waals surface area contributed by atoms with Gasteiger partial charge in [-0.05, 0) is 30.7 Å². The zero-order valence-corrected chi connectivity index (χ0v) is 9.77. The Hall–Kier alpha value is -1.84. The lowest BCUT2D eigenvalue weighted by atomic mass is 10.0. The molecule has 1 N–H and O–H groups in total. The summed E-state index contributed by atoms with van der Waals surface area (Å²) in [6, 6.07) is 4.71. The Morgan fingerprint density at radius 3 is 2.53 bits per heavy atom. The smallest absolute Gasteiger partial charge is 0.254 e. The first-order valence-corrected chi connectivity index (χ1v) is 5.68. The average molecular weight is 233 g/mol. The molecule has 0 radical (unpaired) electrons. The van der Waals surface area contributed by atoms with Gasteiger partial charge in [0.2, 0.25) is 0 Å². The van der Waals surface area contributed by atoms with Crippen molar-refractivity contribution in [3.63, 3.8) is 0 Å². The van der Waals surface area contributed by atoms with Gasteiger partial charge in [0.1, 0.15) is 11.5 Å². The summed E-state index contributed by atoms with van der Waals surface area (Å²) >= 11 is 0. The van der Waals surface area contributed by atoms with E-state index in [4.69, 9.17) is 0 Å². The number of rotatable bonds is 1. The maximum absolute atomic E-state index is 12.2. The van der Waals surface area contributed by atoms with Gasteiger partial charge < -0.3 is 10.0 Å². The fourth-order valence-corrected chi connectivity index (χ4v) is 2.02. The van der Waals surface area contributed by atoms with Crippen LogP contribution < -0.4 is 0 Å². The van der Waals surface area contributed by atoms with Gasteiger partial charge in [0.15, 0.2) is 0 Å². The largest absolute Gasteiger partial charge is 0.508 e. The number of benzene rings is 1. The van der Waals surface area contributed by atoms with Gasteiger partial charge in [-0.25, -0.2) is 0 Å². The van der Waals surface area contributed by atoms with Crippen LogP contribution in [-0.4, -0.2) is 34.8 Å². The first-order chi connectivity index (χ1) is 8.08. The molecule has 1 aliphatic rings. The third-order valence-electron chi connectivity index (χ3n) is 3.05. The molecule has 0 aromatic heterocycles. The maximum Gasteiger partial charge on any atom is 0.254 e. The van der Waals surface area contributed by atoms with E-state index >= 15 is 0 Å². The maximum atomic E-state index is 12.2. The second-order valence-corrected chi connectivity index (χ2v) is 4.33. The summed E-state index contributed by atoms with van der Waals surface area (Å²) in [7, 11) is 0. The summed E-state index contributed by atoms with van der Waals surface area (Å²) in [5.41, 5.74) is 1.35. The van der Waals surface area contributed by atoms with E-state index in [0.717, 1.165) is 5.56 Å². The number of nitrogens with zero attached hydrogens (tertiary/aromatic N) is 1. The van der Waals surface area contributed by atoms with Crippen molar-refractivity contribution in [2.75, 3.05) is 13.1 Å². The number of aromatic hydroxyl groups is 1. The number of carbonyl (C=O) groups excluding carboxylic acids is 2. The van der Waals surface area contributed by atoms with Gasteiger partial charge in [0, 0.05) is 31.5 Å². The van der Waals surface area contributed by atoms with Gasteiger partial charge in [-0.1, -0.05) is 0 Å². The molecule has 90 valence electrons. The number of phenols is 1. The molecule has 0 saturated carbocycles. The van der Waals surface area contributed by atoms with Gasteiger partial charge >= 0.3 is 0 Å². The topological polar surface area (TPSA) is 57.6 Å². The van der Waals surface area contributed by atoms with Crippen LogP contribution in [0.3, 0.4) is 0 Å². The van der Waals surface area contributed by atoms with Crippen LogP contribution in [0.4, 0.5) is 0 Å². The molecule has 4 nitrogen and oxygen atoms in total. The fourth-order valence-electron chi connectivity index (χ4n) is 2.02. The summed E-state index contributed by atoms with van der Waals surface area (Å²) in [6.45, 7) is 2.79. The van der Waals surface area contributed by atoms with Crippen LogP contribution in [0.1, 0.15) is 28.8 Å². The molecular weight excluding hydrogens is 218 g/mol. The number of piperidine rings is 1. The van der Waals surface area contributed by atoms with E-state index in [2.05, 4.69) is 0 Å². The minimum atomic E-state index is -0.0602. The third kappa shape index (κ3) is 2.46. The molecule has 1 aromatic rings. The number of aryl methyl sites for hydroxylation is 1. The molecule has 2 rings (SSSR count). The highest BCUT2D eigenvalue weighted by molar-refractivity contribution is 5.96.